The molecule has 140 valence electrons. The lowest BCUT2D eigenvalue weighted by molar-refractivity contribution is 0.0593. The normalized spacial score (nSPS) is 10.1. The number of esters is 1. The molecule has 1 aromatic heterocycles. The van der Waals surface area contributed by atoms with Gasteiger partial charge >= 0.3 is 5.97 Å². The second-order valence-electron chi connectivity index (χ2n) is 5.74. The highest BCUT2D eigenvalue weighted by Gasteiger charge is 2.23. The van der Waals surface area contributed by atoms with Gasteiger partial charge in [0.1, 0.15) is 11.8 Å². The summed E-state index contributed by atoms with van der Waals surface area (Å²) < 4.78 is 12.1. The van der Waals surface area contributed by atoms with E-state index in [0.717, 1.165) is 0 Å². The van der Waals surface area contributed by atoms with Gasteiger partial charge in [0.15, 0.2) is 11.4 Å². The van der Waals surface area contributed by atoms with Crippen molar-refractivity contribution >= 4 is 17.6 Å². The van der Waals surface area contributed by atoms with Crippen molar-refractivity contribution in [3.05, 3.63) is 71.5 Å². The number of hydrogen-bond acceptors (Lipinski definition) is 6. The second kappa shape index (κ2) is 7.55. The Morgan fingerprint density at radius 2 is 1.79 bits per heavy atom. The van der Waals surface area contributed by atoms with E-state index in [4.69, 9.17) is 20.9 Å². The zero-order valence-corrected chi connectivity index (χ0v) is 14.9. The van der Waals surface area contributed by atoms with Gasteiger partial charge in [-0.3, -0.25) is 4.79 Å². The molecular formula is C20H16N4O4. The minimum Gasteiger partial charge on any atom is -0.464 e. The summed E-state index contributed by atoms with van der Waals surface area (Å²) in [5, 5.41) is 9.27. The molecule has 4 N–H and O–H groups in total. The molecule has 0 saturated heterocycles. The number of para-hydroxylation sites is 2. The van der Waals surface area contributed by atoms with Crippen LogP contribution >= 0.6 is 0 Å². The van der Waals surface area contributed by atoms with E-state index in [-0.39, 0.29) is 16.9 Å². The quantitative estimate of drug-likeness (QED) is 0.658. The van der Waals surface area contributed by atoms with Gasteiger partial charge in [-0.05, 0) is 36.4 Å². The number of nitriles is 1. The van der Waals surface area contributed by atoms with Gasteiger partial charge in [-0.25, -0.2) is 4.79 Å². The van der Waals surface area contributed by atoms with Gasteiger partial charge in [0.25, 0.3) is 0 Å². The van der Waals surface area contributed by atoms with Crippen molar-refractivity contribution in [1.82, 2.24) is 4.57 Å². The van der Waals surface area contributed by atoms with Gasteiger partial charge in [-0.2, -0.15) is 5.26 Å². The van der Waals surface area contributed by atoms with E-state index in [9.17, 15) is 14.9 Å². The Bertz CT molecular complexity index is 1090. The number of ether oxygens (including phenoxy) is 2. The van der Waals surface area contributed by atoms with Crippen molar-refractivity contribution in [2.75, 3.05) is 12.8 Å². The number of anilines is 1. The van der Waals surface area contributed by atoms with Gasteiger partial charge in [-0.1, -0.05) is 12.1 Å². The zero-order valence-electron chi connectivity index (χ0n) is 14.9. The summed E-state index contributed by atoms with van der Waals surface area (Å²) in [7, 11) is 1.23. The maximum Gasteiger partial charge on any atom is 0.357 e. The summed E-state index contributed by atoms with van der Waals surface area (Å²) in [6, 6.07) is 15.2. The largest absolute Gasteiger partial charge is 0.464 e. The molecule has 0 aliphatic carbocycles. The fraction of sp³-hybridized carbons (Fsp3) is 0.0500. The van der Waals surface area contributed by atoms with E-state index >= 15 is 0 Å². The van der Waals surface area contributed by atoms with Crippen molar-refractivity contribution < 1.29 is 19.1 Å². The predicted molar refractivity (Wildman–Crippen MR) is 101 cm³/mol. The lowest BCUT2D eigenvalue weighted by Gasteiger charge is -2.14. The summed E-state index contributed by atoms with van der Waals surface area (Å²) in [5.41, 5.74) is 12.2. The Hall–Kier alpha value is -4.25. The number of nitrogens with zero attached hydrogens (tertiary/aromatic N) is 2. The van der Waals surface area contributed by atoms with E-state index in [0.29, 0.717) is 22.7 Å². The number of methoxy groups -OCH3 is 1. The van der Waals surface area contributed by atoms with Gasteiger partial charge in [0, 0.05) is 11.8 Å². The monoisotopic (exact) mass is 376 g/mol. The van der Waals surface area contributed by atoms with Crippen LogP contribution in [0.3, 0.4) is 0 Å². The highest BCUT2D eigenvalue weighted by atomic mass is 16.5. The third-order valence-electron chi connectivity index (χ3n) is 4.04. The summed E-state index contributed by atoms with van der Waals surface area (Å²) in [5.74, 6) is -0.363. The first-order valence-electron chi connectivity index (χ1n) is 8.12. The number of hydrogen-bond donors (Lipinski definition) is 2. The molecule has 0 atom stereocenters. The second-order valence-corrected chi connectivity index (χ2v) is 5.74. The third-order valence-corrected chi connectivity index (χ3v) is 4.04. The van der Waals surface area contributed by atoms with Crippen molar-refractivity contribution in [2.24, 2.45) is 5.73 Å². The summed E-state index contributed by atoms with van der Waals surface area (Å²) >= 11 is 0. The van der Waals surface area contributed by atoms with Gasteiger partial charge in [-0.15, -0.1) is 0 Å². The van der Waals surface area contributed by atoms with Crippen LogP contribution in [-0.4, -0.2) is 23.6 Å². The van der Waals surface area contributed by atoms with Crippen LogP contribution in [0.4, 0.5) is 5.69 Å². The van der Waals surface area contributed by atoms with E-state index in [1.807, 2.05) is 6.07 Å². The fourth-order valence-corrected chi connectivity index (χ4v) is 2.66. The van der Waals surface area contributed by atoms with Gasteiger partial charge in [0.2, 0.25) is 5.91 Å². The van der Waals surface area contributed by atoms with Crippen LogP contribution in [0.15, 0.2) is 54.7 Å². The van der Waals surface area contributed by atoms with E-state index in [1.165, 1.54) is 17.9 Å². The average Bonchev–Trinajstić information content (AvgIpc) is 3.04. The first-order chi connectivity index (χ1) is 13.5. The molecule has 3 rings (SSSR count). The van der Waals surface area contributed by atoms with E-state index in [1.54, 1.807) is 48.5 Å². The lowest BCUT2D eigenvalue weighted by Crippen LogP contribution is -2.11. The molecule has 0 aliphatic rings. The topological polar surface area (TPSA) is 133 Å². The van der Waals surface area contributed by atoms with Crippen LogP contribution < -0.4 is 16.2 Å². The molecule has 2 aromatic carbocycles. The Labute approximate surface area is 160 Å². The number of amides is 1. The summed E-state index contributed by atoms with van der Waals surface area (Å²) in [4.78, 5) is 23.4. The molecule has 0 aliphatic heterocycles. The molecule has 8 nitrogen and oxygen atoms in total. The number of benzene rings is 2. The van der Waals surface area contributed by atoms with Crippen molar-refractivity contribution in [3.8, 4) is 23.3 Å². The third kappa shape index (κ3) is 3.37. The SMILES string of the molecule is COC(=O)c1c(N)c(C#N)cn1-c1ccccc1Oc1ccc(C(N)=O)cc1. The van der Waals surface area contributed by atoms with Crippen LogP contribution in [0, 0.1) is 11.3 Å². The molecule has 0 fully saturated rings. The highest BCUT2D eigenvalue weighted by molar-refractivity contribution is 5.96. The number of carbonyl (C=O) groups excluding carboxylic acids is 2. The van der Waals surface area contributed by atoms with E-state index in [2.05, 4.69) is 0 Å². The van der Waals surface area contributed by atoms with Gasteiger partial charge in [0.05, 0.1) is 24.0 Å². The molecule has 3 aromatic rings. The Balaban J connectivity index is 2.07. The summed E-state index contributed by atoms with van der Waals surface area (Å²) in [6.07, 6.45) is 1.44. The molecule has 0 saturated carbocycles. The average molecular weight is 376 g/mol. The van der Waals surface area contributed by atoms with Crippen molar-refractivity contribution in [2.45, 2.75) is 0 Å². The summed E-state index contributed by atoms with van der Waals surface area (Å²) in [6.45, 7) is 0. The highest BCUT2D eigenvalue weighted by Crippen LogP contribution is 2.32. The first-order valence-corrected chi connectivity index (χ1v) is 8.12. The molecule has 28 heavy (non-hydrogen) atoms. The molecular weight excluding hydrogens is 360 g/mol. The Morgan fingerprint density at radius 1 is 1.11 bits per heavy atom. The first kappa shape index (κ1) is 18.5. The maximum atomic E-state index is 12.2. The maximum absolute atomic E-state index is 12.2. The number of primary amides is 1. The number of nitrogens with two attached hydrogens (primary N) is 2. The minimum absolute atomic E-state index is 0.0231. The van der Waals surface area contributed by atoms with E-state index < -0.39 is 11.9 Å². The van der Waals surface area contributed by atoms with Crippen LogP contribution in [0.1, 0.15) is 26.4 Å². The smallest absolute Gasteiger partial charge is 0.357 e. The minimum atomic E-state index is -0.681. The predicted octanol–water partition coefficient (Wildman–Crippen LogP) is 2.61. The lowest BCUT2D eigenvalue weighted by atomic mass is 10.2. The van der Waals surface area contributed by atoms with Crippen molar-refractivity contribution in [1.29, 1.82) is 5.26 Å². The molecule has 0 spiro atoms. The standard InChI is InChI=1S/C20H16N4O4/c1-27-20(26)18-17(22)13(10-21)11-24(18)15-4-2-3-5-16(15)28-14-8-6-12(7-9-14)19(23)25/h2-9,11H,22H2,1H3,(H2,23,25). The molecule has 1 amide bonds. The molecule has 8 heteroatoms. The Morgan fingerprint density at radius 3 is 2.39 bits per heavy atom. The molecule has 0 radical (unpaired) electrons. The molecule has 0 unspecified atom stereocenters. The van der Waals surface area contributed by atoms with Gasteiger partial charge < -0.3 is 25.5 Å². The van der Waals surface area contributed by atoms with Crippen LogP contribution in [0.2, 0.25) is 0 Å². The number of rotatable bonds is 5. The van der Waals surface area contributed by atoms with Crippen LogP contribution in [0.5, 0.6) is 11.5 Å². The number of nitrogen functional groups attached to an aromatic ring is 1. The molecule has 0 bridgehead atoms. The van der Waals surface area contributed by atoms with Crippen molar-refractivity contribution in [3.63, 3.8) is 0 Å². The fourth-order valence-electron chi connectivity index (χ4n) is 2.66. The zero-order chi connectivity index (χ0) is 20.3. The van der Waals surface area contributed by atoms with Crippen LogP contribution in [-0.2, 0) is 4.74 Å². The molecule has 1 heterocycles. The Kier molecular flexibility index (Phi) is 5.00. The van der Waals surface area contributed by atoms with Crippen LogP contribution in [0.25, 0.3) is 5.69 Å². The number of carbonyl (C=O) groups is 2. The number of aromatic nitrogens is 1.